The molecule has 2 N–H and O–H groups in total. The number of para-hydroxylation sites is 1. The molecule has 0 radical (unpaired) electrons. The van der Waals surface area contributed by atoms with Gasteiger partial charge in [0.2, 0.25) is 0 Å². The van der Waals surface area contributed by atoms with Crippen LogP contribution >= 0.6 is 27.5 Å². The van der Waals surface area contributed by atoms with Crippen LogP contribution in [0.4, 0.5) is 4.39 Å². The molecule has 0 bridgehead atoms. The Morgan fingerprint density at radius 1 is 1.33 bits per heavy atom. The molecule has 0 saturated carbocycles. The SMILES string of the molecule is CC(N)Cc1cccc(Cl)c1OCc1ccc(F)c(Br)c1. The van der Waals surface area contributed by atoms with Gasteiger partial charge < -0.3 is 10.5 Å². The number of hydrogen-bond donors (Lipinski definition) is 1. The minimum atomic E-state index is -0.297. The van der Waals surface area contributed by atoms with Crippen molar-refractivity contribution in [3.05, 3.63) is 62.8 Å². The van der Waals surface area contributed by atoms with E-state index in [1.807, 2.05) is 19.1 Å². The van der Waals surface area contributed by atoms with Gasteiger partial charge in [-0.2, -0.15) is 0 Å². The predicted molar refractivity (Wildman–Crippen MR) is 87.2 cm³/mol. The van der Waals surface area contributed by atoms with Crippen molar-refractivity contribution >= 4 is 27.5 Å². The van der Waals surface area contributed by atoms with Crippen molar-refractivity contribution in [1.29, 1.82) is 0 Å². The summed E-state index contributed by atoms with van der Waals surface area (Å²) in [4.78, 5) is 0. The highest BCUT2D eigenvalue weighted by molar-refractivity contribution is 9.10. The number of halogens is 3. The summed E-state index contributed by atoms with van der Waals surface area (Å²) in [5.41, 5.74) is 7.67. The maximum atomic E-state index is 13.2. The van der Waals surface area contributed by atoms with Crippen LogP contribution < -0.4 is 10.5 Å². The van der Waals surface area contributed by atoms with E-state index in [-0.39, 0.29) is 11.9 Å². The molecule has 5 heteroatoms. The second-order valence-corrected chi connectivity index (χ2v) is 6.21. The van der Waals surface area contributed by atoms with E-state index in [4.69, 9.17) is 22.1 Å². The summed E-state index contributed by atoms with van der Waals surface area (Å²) < 4.78 is 19.4. The molecular weight excluding hydrogens is 357 g/mol. The fraction of sp³-hybridized carbons (Fsp3) is 0.250. The van der Waals surface area contributed by atoms with Crippen LogP contribution in [0.5, 0.6) is 5.75 Å². The summed E-state index contributed by atoms with van der Waals surface area (Å²) in [6, 6.07) is 10.4. The average molecular weight is 373 g/mol. The third kappa shape index (κ3) is 4.43. The molecule has 112 valence electrons. The molecule has 21 heavy (non-hydrogen) atoms. The summed E-state index contributed by atoms with van der Waals surface area (Å²) in [5, 5.41) is 0.550. The first-order chi connectivity index (χ1) is 9.97. The Balaban J connectivity index is 2.17. The molecule has 1 unspecified atom stereocenters. The van der Waals surface area contributed by atoms with Gasteiger partial charge in [0.1, 0.15) is 18.2 Å². The van der Waals surface area contributed by atoms with Crippen LogP contribution in [-0.4, -0.2) is 6.04 Å². The van der Waals surface area contributed by atoms with E-state index < -0.39 is 0 Å². The monoisotopic (exact) mass is 371 g/mol. The summed E-state index contributed by atoms with van der Waals surface area (Å²) in [5.74, 6) is 0.339. The second kappa shape index (κ2) is 7.25. The molecule has 0 fully saturated rings. The lowest BCUT2D eigenvalue weighted by Gasteiger charge is -2.15. The van der Waals surface area contributed by atoms with Crippen LogP contribution in [-0.2, 0) is 13.0 Å². The lowest BCUT2D eigenvalue weighted by molar-refractivity contribution is 0.302. The van der Waals surface area contributed by atoms with Crippen molar-refractivity contribution in [1.82, 2.24) is 0 Å². The van der Waals surface area contributed by atoms with Crippen molar-refractivity contribution in [2.24, 2.45) is 5.73 Å². The first-order valence-electron chi connectivity index (χ1n) is 6.57. The van der Waals surface area contributed by atoms with Gasteiger partial charge >= 0.3 is 0 Å². The predicted octanol–water partition coefficient (Wildman–Crippen LogP) is 4.71. The molecule has 0 saturated heterocycles. The lowest BCUT2D eigenvalue weighted by atomic mass is 10.1. The molecule has 0 aliphatic carbocycles. The highest BCUT2D eigenvalue weighted by atomic mass is 79.9. The van der Waals surface area contributed by atoms with Crippen molar-refractivity contribution in [3.8, 4) is 5.75 Å². The standard InChI is InChI=1S/C16H16BrClFNO/c1-10(20)7-12-3-2-4-14(18)16(12)21-9-11-5-6-15(19)13(17)8-11/h2-6,8,10H,7,9,20H2,1H3. The fourth-order valence-corrected chi connectivity index (χ4v) is 2.68. The van der Waals surface area contributed by atoms with Crippen LogP contribution in [0.2, 0.25) is 5.02 Å². The molecule has 2 aromatic rings. The van der Waals surface area contributed by atoms with E-state index in [9.17, 15) is 4.39 Å². The topological polar surface area (TPSA) is 35.2 Å². The summed E-state index contributed by atoms with van der Waals surface area (Å²) in [6.07, 6.45) is 0.684. The summed E-state index contributed by atoms with van der Waals surface area (Å²) >= 11 is 9.36. The van der Waals surface area contributed by atoms with E-state index in [0.29, 0.717) is 28.3 Å². The maximum Gasteiger partial charge on any atom is 0.141 e. The zero-order chi connectivity index (χ0) is 15.4. The Kier molecular flexibility index (Phi) is 5.62. The van der Waals surface area contributed by atoms with Gasteiger partial charge in [-0.3, -0.25) is 0 Å². The number of benzene rings is 2. The third-order valence-electron chi connectivity index (χ3n) is 2.96. The lowest BCUT2D eigenvalue weighted by Crippen LogP contribution is -2.18. The molecule has 0 aromatic heterocycles. The maximum absolute atomic E-state index is 13.2. The van der Waals surface area contributed by atoms with Crippen molar-refractivity contribution in [3.63, 3.8) is 0 Å². The molecule has 2 aromatic carbocycles. The van der Waals surface area contributed by atoms with Crippen LogP contribution in [0.25, 0.3) is 0 Å². The van der Waals surface area contributed by atoms with Gasteiger partial charge in [0.25, 0.3) is 0 Å². The molecule has 0 aliphatic heterocycles. The molecule has 1 atom stereocenters. The van der Waals surface area contributed by atoms with Gasteiger partial charge in [-0.1, -0.05) is 29.8 Å². The largest absolute Gasteiger partial charge is 0.487 e. The Labute approximate surface area is 137 Å². The number of hydrogen-bond acceptors (Lipinski definition) is 2. The van der Waals surface area contributed by atoms with E-state index in [0.717, 1.165) is 11.1 Å². The molecule has 0 amide bonds. The molecular formula is C16H16BrClFNO. The summed E-state index contributed by atoms with van der Waals surface area (Å²) in [7, 11) is 0. The van der Waals surface area contributed by atoms with Crippen molar-refractivity contribution < 1.29 is 9.13 Å². The van der Waals surface area contributed by atoms with Gasteiger partial charge in [0.05, 0.1) is 9.50 Å². The number of rotatable bonds is 5. The van der Waals surface area contributed by atoms with E-state index in [1.54, 1.807) is 18.2 Å². The number of nitrogens with two attached hydrogens (primary N) is 1. The second-order valence-electron chi connectivity index (χ2n) is 4.95. The van der Waals surface area contributed by atoms with Crippen LogP contribution in [0, 0.1) is 5.82 Å². The molecule has 2 nitrogen and oxygen atoms in total. The molecule has 0 heterocycles. The van der Waals surface area contributed by atoms with Gasteiger partial charge in [0, 0.05) is 6.04 Å². The van der Waals surface area contributed by atoms with Crippen LogP contribution in [0.1, 0.15) is 18.1 Å². The van der Waals surface area contributed by atoms with Crippen molar-refractivity contribution in [2.75, 3.05) is 0 Å². The van der Waals surface area contributed by atoms with Gasteiger partial charge in [-0.05, 0) is 58.6 Å². The minimum absolute atomic E-state index is 0.0192. The normalized spacial score (nSPS) is 12.2. The van der Waals surface area contributed by atoms with E-state index in [2.05, 4.69) is 15.9 Å². The quantitative estimate of drug-likeness (QED) is 0.825. The highest BCUT2D eigenvalue weighted by Crippen LogP contribution is 2.30. The third-order valence-corrected chi connectivity index (χ3v) is 3.86. The van der Waals surface area contributed by atoms with E-state index >= 15 is 0 Å². The van der Waals surface area contributed by atoms with Gasteiger partial charge in [-0.15, -0.1) is 0 Å². The fourth-order valence-electron chi connectivity index (χ4n) is 2.01. The van der Waals surface area contributed by atoms with Gasteiger partial charge in [0.15, 0.2) is 0 Å². The zero-order valence-electron chi connectivity index (χ0n) is 11.6. The Bertz CT molecular complexity index is 634. The van der Waals surface area contributed by atoms with Crippen LogP contribution in [0.15, 0.2) is 40.9 Å². The smallest absolute Gasteiger partial charge is 0.141 e. The first-order valence-corrected chi connectivity index (χ1v) is 7.74. The highest BCUT2D eigenvalue weighted by Gasteiger charge is 2.11. The zero-order valence-corrected chi connectivity index (χ0v) is 13.9. The Morgan fingerprint density at radius 2 is 2.10 bits per heavy atom. The van der Waals surface area contributed by atoms with Crippen molar-refractivity contribution in [2.45, 2.75) is 26.0 Å². The van der Waals surface area contributed by atoms with Crippen LogP contribution in [0.3, 0.4) is 0 Å². The Morgan fingerprint density at radius 3 is 2.76 bits per heavy atom. The van der Waals surface area contributed by atoms with Gasteiger partial charge in [-0.25, -0.2) is 4.39 Å². The Hall–Kier alpha value is -1.10. The molecule has 0 aliphatic rings. The molecule has 2 rings (SSSR count). The number of ether oxygens (including phenoxy) is 1. The molecule has 0 spiro atoms. The summed E-state index contributed by atoms with van der Waals surface area (Å²) in [6.45, 7) is 2.25. The first kappa shape index (κ1) is 16.3. The van der Waals surface area contributed by atoms with E-state index in [1.165, 1.54) is 6.07 Å². The minimum Gasteiger partial charge on any atom is -0.487 e. The average Bonchev–Trinajstić information content (AvgIpc) is 2.41.